The first-order chi connectivity index (χ1) is 12.5. The van der Waals surface area contributed by atoms with Crippen LogP contribution in [0, 0.1) is 11.6 Å². The number of ether oxygens (including phenoxy) is 1. The summed E-state index contributed by atoms with van der Waals surface area (Å²) < 4.78 is 34.1. The van der Waals surface area contributed by atoms with Gasteiger partial charge in [-0.2, -0.15) is 0 Å². The number of benzene rings is 1. The lowest BCUT2D eigenvalue weighted by molar-refractivity contribution is -0.118. The van der Waals surface area contributed by atoms with Gasteiger partial charge in [0.2, 0.25) is 11.7 Å². The number of carbonyl (C=O) groups excluding carboxylic acids is 2. The number of nitrogens with one attached hydrogen (secondary N) is 2. The number of rotatable bonds is 2. The molecule has 8 nitrogen and oxygen atoms in total. The van der Waals surface area contributed by atoms with Gasteiger partial charge in [0.15, 0.2) is 5.82 Å². The van der Waals surface area contributed by atoms with E-state index in [2.05, 4.69) is 20.7 Å². The molecule has 4 rings (SSSR count). The van der Waals surface area contributed by atoms with E-state index in [1.807, 2.05) is 0 Å². The third-order valence-electron chi connectivity index (χ3n) is 4.34. The van der Waals surface area contributed by atoms with Crippen molar-refractivity contribution in [3.63, 3.8) is 0 Å². The number of aryl methyl sites for hydroxylation is 1. The Kier molecular flexibility index (Phi) is 4.11. The monoisotopic (exact) mass is 363 g/mol. The summed E-state index contributed by atoms with van der Waals surface area (Å²) in [4.78, 5) is 28.8. The lowest BCUT2D eigenvalue weighted by Gasteiger charge is -2.14. The first kappa shape index (κ1) is 16.6. The number of hydrogen-bond donors (Lipinski definition) is 2. The van der Waals surface area contributed by atoms with E-state index in [-0.39, 0.29) is 31.0 Å². The molecule has 0 spiro atoms. The summed E-state index contributed by atoms with van der Waals surface area (Å²) in [6.07, 6.45) is 0.429. The molecule has 0 saturated carbocycles. The van der Waals surface area contributed by atoms with Crippen LogP contribution in [0.3, 0.4) is 0 Å². The van der Waals surface area contributed by atoms with Gasteiger partial charge in [0.05, 0.1) is 18.8 Å². The van der Waals surface area contributed by atoms with E-state index in [9.17, 15) is 18.4 Å². The van der Waals surface area contributed by atoms with Gasteiger partial charge in [-0.25, -0.2) is 18.4 Å². The van der Waals surface area contributed by atoms with E-state index in [1.165, 1.54) is 6.07 Å². The van der Waals surface area contributed by atoms with Crippen LogP contribution in [0.1, 0.15) is 28.4 Å². The van der Waals surface area contributed by atoms with Crippen molar-refractivity contribution >= 4 is 17.5 Å². The van der Waals surface area contributed by atoms with Crippen LogP contribution in [0.4, 0.5) is 14.5 Å². The van der Waals surface area contributed by atoms with Gasteiger partial charge in [-0.1, -0.05) is 0 Å². The highest BCUT2D eigenvalue weighted by molar-refractivity contribution is 6.00. The Balaban J connectivity index is 1.50. The maximum atomic E-state index is 13.9. The number of carbonyl (C=O) groups is 2. The number of hydrogen-bond acceptors (Lipinski definition) is 5. The van der Waals surface area contributed by atoms with Gasteiger partial charge in [0.1, 0.15) is 24.3 Å². The zero-order chi connectivity index (χ0) is 18.3. The highest BCUT2D eigenvalue weighted by Crippen LogP contribution is 2.26. The minimum absolute atomic E-state index is 0.0547. The van der Waals surface area contributed by atoms with E-state index >= 15 is 0 Å². The molecule has 1 atom stereocenters. The average molecular weight is 363 g/mol. The van der Waals surface area contributed by atoms with Crippen molar-refractivity contribution in [1.29, 1.82) is 0 Å². The SMILES string of the molecule is O=C(N[C@H]1CCc2cc(F)cc(F)c2NC1=O)c1nc2n(n1)CCOC2. The van der Waals surface area contributed by atoms with Crippen molar-refractivity contribution in [3.05, 3.63) is 41.0 Å². The van der Waals surface area contributed by atoms with Gasteiger partial charge < -0.3 is 15.4 Å². The Hall–Kier alpha value is -2.88. The summed E-state index contributed by atoms with van der Waals surface area (Å²) in [5.74, 6) is -2.26. The molecule has 1 aromatic heterocycles. The number of amides is 2. The first-order valence-corrected chi connectivity index (χ1v) is 8.12. The molecular weight excluding hydrogens is 348 g/mol. The second kappa shape index (κ2) is 6.45. The Morgan fingerprint density at radius 1 is 1.38 bits per heavy atom. The Morgan fingerprint density at radius 2 is 2.23 bits per heavy atom. The fourth-order valence-electron chi connectivity index (χ4n) is 3.04. The summed E-state index contributed by atoms with van der Waals surface area (Å²) in [7, 11) is 0. The predicted molar refractivity (Wildman–Crippen MR) is 84.2 cm³/mol. The van der Waals surface area contributed by atoms with Gasteiger partial charge in [-0.3, -0.25) is 9.59 Å². The fraction of sp³-hybridized carbons (Fsp3) is 0.375. The summed E-state index contributed by atoms with van der Waals surface area (Å²) in [5.41, 5.74) is 0.293. The molecular formula is C16H15F2N5O3. The maximum absolute atomic E-state index is 13.9. The number of nitrogens with zero attached hydrogens (tertiary/aromatic N) is 3. The van der Waals surface area contributed by atoms with Crippen LogP contribution in [-0.4, -0.2) is 39.2 Å². The van der Waals surface area contributed by atoms with Crippen molar-refractivity contribution in [1.82, 2.24) is 20.1 Å². The van der Waals surface area contributed by atoms with E-state index in [1.54, 1.807) is 4.68 Å². The topological polar surface area (TPSA) is 98.1 Å². The lowest BCUT2D eigenvalue weighted by Crippen LogP contribution is -2.43. The highest BCUT2D eigenvalue weighted by Gasteiger charge is 2.29. The summed E-state index contributed by atoms with van der Waals surface area (Å²) in [5, 5.41) is 9.07. The molecule has 26 heavy (non-hydrogen) atoms. The van der Waals surface area contributed by atoms with Gasteiger partial charge in [-0.05, 0) is 24.5 Å². The standard InChI is InChI=1S/C16H15F2N5O3/c17-9-5-8-1-2-11(15(24)21-13(8)10(18)6-9)19-16(25)14-20-12-7-26-4-3-23(12)22-14/h5-6,11H,1-4,7H2,(H,19,25)(H,21,24)/t11-/m0/s1. The Bertz CT molecular complexity index is 875. The van der Waals surface area contributed by atoms with E-state index in [4.69, 9.17) is 4.74 Å². The molecule has 136 valence electrons. The molecule has 2 aliphatic heterocycles. The van der Waals surface area contributed by atoms with Crippen LogP contribution in [-0.2, 0) is 29.1 Å². The molecule has 0 aliphatic carbocycles. The number of anilines is 1. The molecule has 3 heterocycles. The van der Waals surface area contributed by atoms with Gasteiger partial charge in [-0.15, -0.1) is 5.10 Å². The molecule has 0 fully saturated rings. The average Bonchev–Trinajstić information content (AvgIpc) is 2.98. The van der Waals surface area contributed by atoms with E-state index < -0.39 is 29.5 Å². The third kappa shape index (κ3) is 3.03. The molecule has 10 heteroatoms. The molecule has 2 aliphatic rings. The first-order valence-electron chi connectivity index (χ1n) is 8.12. The maximum Gasteiger partial charge on any atom is 0.291 e. The molecule has 2 amide bonds. The number of halogens is 2. The number of fused-ring (bicyclic) bond motifs is 2. The summed E-state index contributed by atoms with van der Waals surface area (Å²) in [6.45, 7) is 1.26. The van der Waals surface area contributed by atoms with Crippen LogP contribution in [0.15, 0.2) is 12.1 Å². The van der Waals surface area contributed by atoms with Crippen LogP contribution in [0.2, 0.25) is 0 Å². The smallest absolute Gasteiger partial charge is 0.291 e. The molecule has 0 radical (unpaired) electrons. The normalized spacial score (nSPS) is 19.2. The van der Waals surface area contributed by atoms with Crippen molar-refractivity contribution in [2.24, 2.45) is 0 Å². The van der Waals surface area contributed by atoms with Crippen LogP contribution < -0.4 is 10.6 Å². The minimum Gasteiger partial charge on any atom is -0.372 e. The quantitative estimate of drug-likeness (QED) is 0.821. The molecule has 0 saturated heterocycles. The minimum atomic E-state index is -0.908. The zero-order valence-corrected chi connectivity index (χ0v) is 13.6. The van der Waals surface area contributed by atoms with E-state index in [0.717, 1.165) is 0 Å². The van der Waals surface area contributed by atoms with E-state index in [0.29, 0.717) is 30.6 Å². The second-order valence-electron chi connectivity index (χ2n) is 6.10. The molecule has 0 bridgehead atoms. The molecule has 2 aromatic rings. The molecule has 2 N–H and O–H groups in total. The molecule has 0 unspecified atom stereocenters. The predicted octanol–water partition coefficient (Wildman–Crippen LogP) is 0.770. The van der Waals surface area contributed by atoms with Crippen molar-refractivity contribution in [3.8, 4) is 0 Å². The van der Waals surface area contributed by atoms with Crippen LogP contribution in [0.5, 0.6) is 0 Å². The van der Waals surface area contributed by atoms with Crippen LogP contribution in [0.25, 0.3) is 0 Å². The fourth-order valence-corrected chi connectivity index (χ4v) is 3.04. The molecule has 1 aromatic carbocycles. The Labute approximate surface area is 146 Å². The number of aromatic nitrogens is 3. The lowest BCUT2D eigenvalue weighted by atomic mass is 10.1. The summed E-state index contributed by atoms with van der Waals surface area (Å²) >= 11 is 0. The van der Waals surface area contributed by atoms with Crippen LogP contribution >= 0.6 is 0 Å². The van der Waals surface area contributed by atoms with Gasteiger partial charge in [0.25, 0.3) is 5.91 Å². The highest BCUT2D eigenvalue weighted by atomic mass is 19.1. The summed E-state index contributed by atoms with van der Waals surface area (Å²) in [6, 6.07) is 0.974. The third-order valence-corrected chi connectivity index (χ3v) is 4.34. The zero-order valence-electron chi connectivity index (χ0n) is 13.6. The van der Waals surface area contributed by atoms with Gasteiger partial charge in [0, 0.05) is 6.07 Å². The van der Waals surface area contributed by atoms with Crippen molar-refractivity contribution in [2.45, 2.75) is 32.0 Å². The second-order valence-corrected chi connectivity index (χ2v) is 6.10. The Morgan fingerprint density at radius 3 is 3.04 bits per heavy atom. The van der Waals surface area contributed by atoms with Gasteiger partial charge >= 0.3 is 0 Å². The van der Waals surface area contributed by atoms with Crippen molar-refractivity contribution in [2.75, 3.05) is 11.9 Å². The largest absolute Gasteiger partial charge is 0.372 e. The van der Waals surface area contributed by atoms with Crippen molar-refractivity contribution < 1.29 is 23.1 Å².